The molecule has 0 aromatic rings. The van der Waals surface area contributed by atoms with Crippen LogP contribution in [0.2, 0.25) is 0 Å². The normalized spacial score (nSPS) is 13.9. The number of likely N-dealkylation sites (N-methyl/N-ethyl adjacent to an activating group) is 1. The molecular weight excluding hydrogens is 262 g/mol. The maximum Gasteiger partial charge on any atom is 0.311 e. The number of quaternary nitrogens is 1. The van der Waals surface area contributed by atoms with Crippen molar-refractivity contribution in [3.8, 4) is 0 Å². The molecule has 0 spiro atoms. The fourth-order valence-corrected chi connectivity index (χ4v) is 1.65. The number of carbonyl (C=O) groups is 2. The van der Waals surface area contributed by atoms with Crippen molar-refractivity contribution in [2.24, 2.45) is 5.41 Å². The van der Waals surface area contributed by atoms with Crippen LogP contribution in [0.4, 0.5) is 0 Å². The summed E-state index contributed by atoms with van der Waals surface area (Å²) >= 11 is 0. The van der Waals surface area contributed by atoms with Gasteiger partial charge in [-0.05, 0) is 20.3 Å². The van der Waals surface area contributed by atoms with Gasteiger partial charge in [0.2, 0.25) is 0 Å². The summed E-state index contributed by atoms with van der Waals surface area (Å²) in [6, 6.07) is 0. The third-order valence-electron chi connectivity index (χ3n) is 3.48. The van der Waals surface area contributed by atoms with Gasteiger partial charge in [0.25, 0.3) is 0 Å². The largest absolute Gasteiger partial charge is 0.481 e. The summed E-state index contributed by atoms with van der Waals surface area (Å²) in [7, 11) is 3.73. The summed E-state index contributed by atoms with van der Waals surface area (Å²) in [5.41, 5.74) is -0.486. The van der Waals surface area contributed by atoms with E-state index in [1.54, 1.807) is 0 Å². The number of nitrogens with zero attached hydrogens (tertiary/aromatic N) is 1. The Balaban J connectivity index is 4.17. The summed E-state index contributed by atoms with van der Waals surface area (Å²) < 4.78 is 5.64. The molecule has 0 saturated heterocycles. The van der Waals surface area contributed by atoms with E-state index >= 15 is 0 Å². The van der Waals surface area contributed by atoms with Crippen molar-refractivity contribution in [1.29, 1.82) is 0 Å². The monoisotopic (exact) mass is 290 g/mol. The van der Waals surface area contributed by atoms with E-state index in [1.165, 1.54) is 0 Å². The zero-order valence-corrected chi connectivity index (χ0v) is 13.2. The minimum Gasteiger partial charge on any atom is -0.481 e. The van der Waals surface area contributed by atoms with Gasteiger partial charge in [-0.2, -0.15) is 0 Å². The van der Waals surface area contributed by atoms with Gasteiger partial charge in [0, 0.05) is 0 Å². The molecule has 20 heavy (non-hydrogen) atoms. The number of aliphatic carboxylic acids is 1. The fraction of sp³-hybridized carbons (Fsp3) is 0.857. The topological polar surface area (TPSA) is 83.8 Å². The number of ether oxygens (including phenoxy) is 1. The van der Waals surface area contributed by atoms with Crippen molar-refractivity contribution in [3.63, 3.8) is 0 Å². The predicted octanol–water partition coefficient (Wildman–Crippen LogP) is 0.878. The Hall–Kier alpha value is -1.14. The molecule has 0 saturated carbocycles. The van der Waals surface area contributed by atoms with Gasteiger partial charge >= 0.3 is 11.9 Å². The fourth-order valence-electron chi connectivity index (χ4n) is 1.65. The van der Waals surface area contributed by atoms with Crippen molar-refractivity contribution >= 4 is 11.9 Å². The Morgan fingerprint density at radius 1 is 1.30 bits per heavy atom. The van der Waals surface area contributed by atoms with Gasteiger partial charge < -0.3 is 19.4 Å². The lowest BCUT2D eigenvalue weighted by Gasteiger charge is -2.31. The molecule has 0 bridgehead atoms. The van der Waals surface area contributed by atoms with Gasteiger partial charge in [-0.15, -0.1) is 0 Å². The van der Waals surface area contributed by atoms with Crippen molar-refractivity contribution in [2.75, 3.05) is 33.8 Å². The lowest BCUT2D eigenvalue weighted by molar-refractivity contribution is -0.893. The van der Waals surface area contributed by atoms with Crippen molar-refractivity contribution in [1.82, 2.24) is 0 Å². The van der Waals surface area contributed by atoms with E-state index in [-0.39, 0.29) is 19.0 Å². The van der Waals surface area contributed by atoms with Crippen molar-refractivity contribution in [3.05, 3.63) is 0 Å². The molecule has 1 atom stereocenters. The number of esters is 1. The van der Waals surface area contributed by atoms with Crippen LogP contribution in [0, 0.1) is 5.41 Å². The molecule has 0 heterocycles. The third-order valence-corrected chi connectivity index (χ3v) is 3.48. The summed E-state index contributed by atoms with van der Waals surface area (Å²) in [4.78, 5) is 22.3. The van der Waals surface area contributed by atoms with E-state index in [1.807, 2.05) is 34.9 Å². The summed E-state index contributed by atoms with van der Waals surface area (Å²) in [5, 5.41) is 18.2. The Morgan fingerprint density at radius 2 is 1.85 bits per heavy atom. The van der Waals surface area contributed by atoms with Gasteiger partial charge in [-0.1, -0.05) is 6.92 Å². The lowest BCUT2D eigenvalue weighted by atomic mass is 9.91. The molecule has 118 valence electrons. The van der Waals surface area contributed by atoms with Crippen LogP contribution in [0.1, 0.15) is 33.6 Å². The minimum absolute atomic E-state index is 0.230. The SMILES string of the molecule is CCC(C)(C)C(=O)OCC[N+](C)(C)CC(O)CC(=O)O. The van der Waals surface area contributed by atoms with Gasteiger partial charge in [-0.25, -0.2) is 0 Å². The molecular formula is C14H28NO5+. The highest BCUT2D eigenvalue weighted by atomic mass is 16.5. The maximum absolute atomic E-state index is 11.8. The molecule has 0 aliphatic carbocycles. The van der Waals surface area contributed by atoms with Gasteiger partial charge in [0.1, 0.15) is 25.8 Å². The summed E-state index contributed by atoms with van der Waals surface area (Å²) in [6.07, 6.45) is -0.462. The van der Waals surface area contributed by atoms with E-state index in [0.29, 0.717) is 24.0 Å². The number of carboxylic acids is 1. The second-order valence-electron chi connectivity index (χ2n) is 6.47. The zero-order valence-electron chi connectivity index (χ0n) is 13.2. The average molecular weight is 290 g/mol. The molecule has 1 unspecified atom stereocenters. The Morgan fingerprint density at radius 3 is 2.30 bits per heavy atom. The van der Waals surface area contributed by atoms with E-state index in [4.69, 9.17) is 9.84 Å². The van der Waals surface area contributed by atoms with E-state index in [0.717, 1.165) is 0 Å². The molecule has 0 aromatic heterocycles. The number of hydrogen-bond acceptors (Lipinski definition) is 4. The highest BCUT2D eigenvalue weighted by Crippen LogP contribution is 2.21. The first-order chi connectivity index (χ1) is 9.00. The van der Waals surface area contributed by atoms with Crippen LogP contribution in [-0.2, 0) is 14.3 Å². The molecule has 0 rings (SSSR count). The standard InChI is InChI=1S/C14H27NO5/c1-6-14(2,3)13(19)20-8-7-15(4,5)10-11(16)9-12(17)18/h11,16H,6-10H2,1-5H3/p+1. The smallest absolute Gasteiger partial charge is 0.311 e. The molecule has 6 nitrogen and oxygen atoms in total. The number of aliphatic hydroxyl groups excluding tert-OH is 1. The third kappa shape index (κ3) is 7.45. The number of carbonyl (C=O) groups excluding carboxylic acids is 1. The first kappa shape index (κ1) is 18.9. The first-order valence-electron chi connectivity index (χ1n) is 6.89. The molecule has 0 amide bonds. The number of rotatable bonds is 9. The van der Waals surface area contributed by atoms with Gasteiger partial charge in [-0.3, -0.25) is 9.59 Å². The van der Waals surface area contributed by atoms with Crippen LogP contribution >= 0.6 is 0 Å². The molecule has 0 aromatic carbocycles. The quantitative estimate of drug-likeness (QED) is 0.486. The highest BCUT2D eigenvalue weighted by molar-refractivity contribution is 5.75. The van der Waals surface area contributed by atoms with E-state index in [9.17, 15) is 14.7 Å². The van der Waals surface area contributed by atoms with Crippen molar-refractivity contribution in [2.45, 2.75) is 39.7 Å². The van der Waals surface area contributed by atoms with Crippen LogP contribution in [0.25, 0.3) is 0 Å². The average Bonchev–Trinajstić information content (AvgIpc) is 2.26. The Bertz CT molecular complexity index is 338. The highest BCUT2D eigenvalue weighted by Gasteiger charge is 2.28. The molecule has 0 aliphatic rings. The predicted molar refractivity (Wildman–Crippen MR) is 75.1 cm³/mol. The molecule has 0 radical (unpaired) electrons. The van der Waals surface area contributed by atoms with Crippen LogP contribution in [0.5, 0.6) is 0 Å². The minimum atomic E-state index is -1.02. The van der Waals surface area contributed by atoms with Gasteiger partial charge in [0.15, 0.2) is 0 Å². The zero-order chi connectivity index (χ0) is 16.0. The van der Waals surface area contributed by atoms with E-state index in [2.05, 4.69) is 0 Å². The Labute approximate surface area is 120 Å². The molecule has 2 N–H and O–H groups in total. The number of hydrogen-bond donors (Lipinski definition) is 2. The summed E-state index contributed by atoms with van der Waals surface area (Å²) in [5.74, 6) is -1.25. The second kappa shape index (κ2) is 7.59. The lowest BCUT2D eigenvalue weighted by Crippen LogP contribution is -2.48. The second-order valence-corrected chi connectivity index (χ2v) is 6.47. The van der Waals surface area contributed by atoms with Crippen LogP contribution in [0.15, 0.2) is 0 Å². The molecule has 0 aliphatic heterocycles. The van der Waals surface area contributed by atoms with E-state index < -0.39 is 17.5 Å². The van der Waals surface area contributed by atoms with Crippen LogP contribution < -0.4 is 0 Å². The number of carboxylic acid groups (broad SMARTS) is 1. The number of aliphatic hydroxyl groups is 1. The molecule has 0 fully saturated rings. The maximum atomic E-state index is 11.8. The molecule has 6 heteroatoms. The summed E-state index contributed by atoms with van der Waals surface area (Å²) in [6.45, 7) is 6.71. The van der Waals surface area contributed by atoms with Crippen molar-refractivity contribution < 1.29 is 29.0 Å². The first-order valence-corrected chi connectivity index (χ1v) is 6.89. The van der Waals surface area contributed by atoms with Crippen LogP contribution in [0.3, 0.4) is 0 Å². The Kier molecular flexibility index (Phi) is 7.16. The van der Waals surface area contributed by atoms with Gasteiger partial charge in [0.05, 0.1) is 25.9 Å². The van der Waals surface area contributed by atoms with Crippen LogP contribution in [-0.4, -0.2) is 66.5 Å².